The number of nitrogens with one attached hydrogen (secondary N) is 1. The van der Waals surface area contributed by atoms with Crippen LogP contribution in [-0.4, -0.2) is 16.8 Å². The van der Waals surface area contributed by atoms with Crippen molar-refractivity contribution in [3.8, 4) is 11.1 Å². The van der Waals surface area contributed by atoms with Gasteiger partial charge in [0.25, 0.3) is 10.0 Å². The van der Waals surface area contributed by atoms with Crippen LogP contribution in [-0.2, 0) is 20.0 Å². The van der Waals surface area contributed by atoms with Gasteiger partial charge in [0.15, 0.2) is 0 Å². The Morgan fingerprint density at radius 2 is 1.41 bits per heavy atom. The number of hydrogen-bond donors (Lipinski definition) is 2. The molecule has 0 fully saturated rings. The Morgan fingerprint density at radius 3 is 2.03 bits per heavy atom. The van der Waals surface area contributed by atoms with Gasteiger partial charge in [-0.1, -0.05) is 60.7 Å². The number of para-hydroxylation sites is 1. The van der Waals surface area contributed by atoms with E-state index in [2.05, 4.69) is 0 Å². The normalized spacial score (nSPS) is 12.2. The first-order valence-electron chi connectivity index (χ1n) is 8.33. The van der Waals surface area contributed by atoms with Crippen LogP contribution in [0.15, 0.2) is 83.1 Å². The van der Waals surface area contributed by atoms with E-state index in [1.54, 1.807) is 12.1 Å². The van der Waals surface area contributed by atoms with Crippen LogP contribution in [0.4, 0.5) is 10.1 Å². The van der Waals surface area contributed by atoms with Crippen LogP contribution in [0.1, 0.15) is 5.56 Å². The third-order valence-corrected chi connectivity index (χ3v) is 5.92. The lowest BCUT2D eigenvalue weighted by atomic mass is 10.0. The molecule has 3 aromatic carbocycles. The minimum Gasteiger partial charge on any atom is -0.276 e. The van der Waals surface area contributed by atoms with Gasteiger partial charge in [-0.3, -0.25) is 4.72 Å². The van der Waals surface area contributed by atoms with E-state index >= 15 is 0 Å². The van der Waals surface area contributed by atoms with E-state index < -0.39 is 36.4 Å². The molecule has 0 atom stereocenters. The van der Waals surface area contributed by atoms with E-state index in [0.717, 1.165) is 34.7 Å². The maximum Gasteiger partial charge on any atom is 0.255 e. The molecule has 0 aliphatic carbocycles. The number of nitrogens with two attached hydrogens (primary N) is 1. The van der Waals surface area contributed by atoms with Gasteiger partial charge in [0.1, 0.15) is 16.4 Å². The Morgan fingerprint density at radius 1 is 0.793 bits per heavy atom. The van der Waals surface area contributed by atoms with Crippen LogP contribution in [0.2, 0.25) is 0 Å². The summed E-state index contributed by atoms with van der Waals surface area (Å²) >= 11 is 0. The van der Waals surface area contributed by atoms with Crippen molar-refractivity contribution >= 4 is 31.8 Å². The fraction of sp³-hybridized carbons (Fsp3) is 0. The largest absolute Gasteiger partial charge is 0.276 e. The minimum absolute atomic E-state index is 0.593. The van der Waals surface area contributed by atoms with Crippen molar-refractivity contribution in [2.75, 3.05) is 4.72 Å². The van der Waals surface area contributed by atoms with E-state index in [0.29, 0.717) is 5.56 Å². The molecular weight excluding hydrogens is 415 g/mol. The van der Waals surface area contributed by atoms with Crippen molar-refractivity contribution in [3.63, 3.8) is 0 Å². The molecular formula is C20H17FN2O4S2. The number of anilines is 1. The molecule has 0 aromatic heterocycles. The molecule has 3 N–H and O–H groups in total. The third kappa shape index (κ3) is 5.29. The van der Waals surface area contributed by atoms with Gasteiger partial charge in [0.05, 0.1) is 5.41 Å². The monoisotopic (exact) mass is 432 g/mol. The van der Waals surface area contributed by atoms with Crippen molar-refractivity contribution in [3.05, 3.63) is 89.6 Å². The highest BCUT2D eigenvalue weighted by Gasteiger charge is 2.20. The smallest absolute Gasteiger partial charge is 0.255 e. The molecule has 9 heteroatoms. The van der Waals surface area contributed by atoms with Gasteiger partial charge in [-0.15, -0.1) is 0 Å². The number of primary sulfonamides is 1. The summed E-state index contributed by atoms with van der Waals surface area (Å²) in [4.78, 5) is -0.651. The second-order valence-electron chi connectivity index (χ2n) is 6.10. The second-order valence-corrected chi connectivity index (χ2v) is 9.19. The lowest BCUT2D eigenvalue weighted by molar-refractivity contribution is 0.593. The van der Waals surface area contributed by atoms with Crippen molar-refractivity contribution in [2.24, 2.45) is 5.14 Å². The van der Waals surface area contributed by atoms with Crippen LogP contribution in [0.25, 0.3) is 17.2 Å². The molecule has 0 bridgehead atoms. The fourth-order valence-electron chi connectivity index (χ4n) is 2.60. The molecule has 0 amide bonds. The number of halogens is 1. The second kappa shape index (κ2) is 8.16. The molecule has 3 rings (SSSR count). The van der Waals surface area contributed by atoms with Crippen molar-refractivity contribution in [1.82, 2.24) is 0 Å². The maximum absolute atomic E-state index is 14.0. The van der Waals surface area contributed by atoms with Crippen LogP contribution in [0, 0.1) is 5.82 Å². The van der Waals surface area contributed by atoms with Crippen molar-refractivity contribution in [1.29, 1.82) is 0 Å². The van der Waals surface area contributed by atoms with E-state index in [1.807, 2.05) is 47.2 Å². The molecule has 0 aliphatic heterocycles. The van der Waals surface area contributed by atoms with E-state index in [9.17, 15) is 21.2 Å². The van der Waals surface area contributed by atoms with Gasteiger partial charge < -0.3 is 0 Å². The Kier molecular flexibility index (Phi) is 5.83. The molecule has 150 valence electrons. The average molecular weight is 432 g/mol. The van der Waals surface area contributed by atoms with Gasteiger partial charge in [-0.25, -0.2) is 26.4 Å². The summed E-state index contributed by atoms with van der Waals surface area (Å²) in [6, 6.07) is 19.9. The molecule has 0 heterocycles. The zero-order valence-electron chi connectivity index (χ0n) is 15.0. The van der Waals surface area contributed by atoms with Crippen molar-refractivity contribution < 1.29 is 21.2 Å². The Balaban J connectivity index is 1.83. The molecule has 0 aliphatic rings. The molecule has 0 unspecified atom stereocenters. The Labute approximate surface area is 168 Å². The SMILES string of the molecule is NS(=O)(=O)c1cccc(F)c1NS(=O)(=O)/C=C/c1ccc(-c2ccccc2)cc1. The Bertz CT molecular complexity index is 1260. The molecule has 0 saturated heterocycles. The predicted octanol–water partition coefficient (Wildman–Crippen LogP) is 3.55. The first kappa shape index (κ1) is 20.7. The first-order chi connectivity index (χ1) is 13.7. The molecule has 29 heavy (non-hydrogen) atoms. The summed E-state index contributed by atoms with van der Waals surface area (Å²) in [5.41, 5.74) is 1.86. The average Bonchev–Trinajstić information content (AvgIpc) is 2.68. The summed E-state index contributed by atoms with van der Waals surface area (Å²) in [5.74, 6) is -1.05. The summed E-state index contributed by atoms with van der Waals surface area (Å²) in [6.07, 6.45) is 1.31. The number of rotatable bonds is 6. The molecule has 0 spiro atoms. The maximum atomic E-state index is 14.0. The van der Waals surface area contributed by atoms with Crippen molar-refractivity contribution in [2.45, 2.75) is 4.90 Å². The fourth-order valence-corrected chi connectivity index (χ4v) is 4.26. The predicted molar refractivity (Wildman–Crippen MR) is 111 cm³/mol. The van der Waals surface area contributed by atoms with Gasteiger partial charge >= 0.3 is 0 Å². The Hall–Kier alpha value is -3.01. The lowest BCUT2D eigenvalue weighted by Gasteiger charge is -2.10. The molecule has 0 radical (unpaired) electrons. The van der Waals surface area contributed by atoms with Crippen LogP contribution in [0.3, 0.4) is 0 Å². The van der Waals surface area contributed by atoms with Crippen LogP contribution in [0.5, 0.6) is 0 Å². The number of benzene rings is 3. The van der Waals surface area contributed by atoms with E-state index in [-0.39, 0.29) is 0 Å². The molecule has 0 saturated carbocycles. The first-order valence-corrected chi connectivity index (χ1v) is 11.4. The van der Waals surface area contributed by atoms with Gasteiger partial charge in [-0.2, -0.15) is 0 Å². The molecule has 3 aromatic rings. The summed E-state index contributed by atoms with van der Waals surface area (Å²) in [6.45, 7) is 0. The number of sulfonamides is 2. The van der Waals surface area contributed by atoms with Gasteiger partial charge in [0, 0.05) is 0 Å². The van der Waals surface area contributed by atoms with Gasteiger partial charge in [-0.05, 0) is 34.9 Å². The highest BCUT2D eigenvalue weighted by atomic mass is 32.2. The minimum atomic E-state index is -4.32. The zero-order chi connectivity index (χ0) is 21.1. The van der Waals surface area contributed by atoms with E-state index in [1.165, 1.54) is 6.08 Å². The zero-order valence-corrected chi connectivity index (χ0v) is 16.6. The lowest BCUT2D eigenvalue weighted by Crippen LogP contribution is -2.18. The summed E-state index contributed by atoms with van der Waals surface area (Å²) in [5, 5.41) is 5.85. The highest BCUT2D eigenvalue weighted by molar-refractivity contribution is 7.95. The number of hydrogen-bond acceptors (Lipinski definition) is 4. The quantitative estimate of drug-likeness (QED) is 0.621. The van der Waals surface area contributed by atoms with Crippen LogP contribution >= 0.6 is 0 Å². The summed E-state index contributed by atoms with van der Waals surface area (Å²) < 4.78 is 63.7. The van der Waals surface area contributed by atoms with E-state index in [4.69, 9.17) is 5.14 Å². The molecule has 6 nitrogen and oxygen atoms in total. The third-order valence-electron chi connectivity index (χ3n) is 3.98. The van der Waals surface area contributed by atoms with Crippen LogP contribution < -0.4 is 9.86 Å². The van der Waals surface area contributed by atoms with Gasteiger partial charge in [0.2, 0.25) is 10.0 Å². The standard InChI is InChI=1S/C20H17FN2O4S2/c21-18-7-4-8-19(29(22,26)27)20(18)23-28(24,25)14-13-15-9-11-17(12-10-15)16-5-2-1-3-6-16/h1-14,23H,(H2,22,26,27)/b14-13+. The topological polar surface area (TPSA) is 106 Å². The highest BCUT2D eigenvalue weighted by Crippen LogP contribution is 2.25. The summed E-state index contributed by atoms with van der Waals surface area (Å²) in [7, 11) is -8.51.